The van der Waals surface area contributed by atoms with E-state index >= 15 is 0 Å². The van der Waals surface area contributed by atoms with E-state index < -0.39 is 40.0 Å². The van der Waals surface area contributed by atoms with Gasteiger partial charge in [0.25, 0.3) is 5.91 Å². The molecule has 0 radical (unpaired) electrons. The van der Waals surface area contributed by atoms with Gasteiger partial charge in [-0.15, -0.1) is 0 Å². The molecule has 168 valence electrons. The maximum atomic E-state index is 14.3. The Labute approximate surface area is 176 Å². The monoisotopic (exact) mass is 472 g/mol. The van der Waals surface area contributed by atoms with Crippen molar-refractivity contribution >= 4 is 27.5 Å². The maximum absolute atomic E-state index is 14.3. The number of halogens is 5. The minimum Gasteiger partial charge on any atom is -0.492 e. The summed E-state index contributed by atoms with van der Waals surface area (Å²) in [5.41, 5.74) is -0.545. The molecule has 1 amide bonds. The number of hydrogen-bond donors (Lipinski definition) is 1. The summed E-state index contributed by atoms with van der Waals surface area (Å²) in [6.45, 7) is -0.759. The first-order chi connectivity index (χ1) is 13.8. The molecule has 1 aromatic rings. The summed E-state index contributed by atoms with van der Waals surface area (Å²) in [6.07, 6.45) is -0.980. The Morgan fingerprint density at radius 2 is 1.87 bits per heavy atom. The first-order valence-electron chi connectivity index (χ1n) is 9.29. The molecular weight excluding hydrogens is 452 g/mol. The summed E-state index contributed by atoms with van der Waals surface area (Å²) in [5.74, 6) is -2.18. The number of nitrogens with one attached hydrogen (secondary N) is 1. The van der Waals surface area contributed by atoms with Crippen molar-refractivity contribution in [2.75, 3.05) is 19.4 Å². The molecule has 0 spiro atoms. The molecule has 2 heterocycles. The zero-order chi connectivity index (χ0) is 22.3. The summed E-state index contributed by atoms with van der Waals surface area (Å²) in [7, 11) is -3.87. The molecule has 1 unspecified atom stereocenters. The predicted octanol–water partition coefficient (Wildman–Crippen LogP) is 3.35. The van der Waals surface area contributed by atoms with Crippen LogP contribution in [0.15, 0.2) is 12.1 Å². The fraction of sp³-hybridized carbons (Fsp3) is 0.611. The van der Waals surface area contributed by atoms with Crippen LogP contribution in [0.1, 0.15) is 36.0 Å². The molecule has 1 N–H and O–H groups in total. The second-order valence-corrected chi connectivity index (χ2v) is 9.94. The van der Waals surface area contributed by atoms with Crippen molar-refractivity contribution in [3.63, 3.8) is 0 Å². The molecule has 1 aromatic carbocycles. The largest absolute Gasteiger partial charge is 0.492 e. The van der Waals surface area contributed by atoms with Crippen molar-refractivity contribution in [3.8, 4) is 5.75 Å². The third-order valence-electron chi connectivity index (χ3n) is 5.36. The van der Waals surface area contributed by atoms with Crippen molar-refractivity contribution in [2.45, 2.75) is 43.9 Å². The molecule has 2 bridgehead atoms. The lowest BCUT2D eigenvalue weighted by Crippen LogP contribution is -2.48. The number of hydrogen-bond acceptors (Lipinski definition) is 5. The van der Waals surface area contributed by atoms with E-state index in [1.165, 1.54) is 4.90 Å². The summed E-state index contributed by atoms with van der Waals surface area (Å²) in [5, 5.41) is -0.0764. The van der Waals surface area contributed by atoms with Crippen LogP contribution in [-0.2, 0) is 10.0 Å². The molecular formula is C18H21ClF4N2O4S. The van der Waals surface area contributed by atoms with Gasteiger partial charge in [-0.25, -0.2) is 17.5 Å². The molecule has 30 heavy (non-hydrogen) atoms. The van der Waals surface area contributed by atoms with Crippen molar-refractivity contribution in [1.82, 2.24) is 9.62 Å². The third kappa shape index (κ3) is 5.76. The van der Waals surface area contributed by atoms with Crippen LogP contribution < -0.4 is 9.46 Å². The van der Waals surface area contributed by atoms with Gasteiger partial charge in [0.05, 0.1) is 30.0 Å². The van der Waals surface area contributed by atoms with Crippen LogP contribution in [0.3, 0.4) is 0 Å². The zero-order valence-corrected chi connectivity index (χ0v) is 17.6. The van der Waals surface area contributed by atoms with E-state index in [4.69, 9.17) is 16.3 Å². The number of sulfonamides is 1. The van der Waals surface area contributed by atoms with Gasteiger partial charge in [-0.1, -0.05) is 11.6 Å². The van der Waals surface area contributed by atoms with Gasteiger partial charge in [-0.05, 0) is 37.7 Å². The first-order valence-corrected chi connectivity index (χ1v) is 11.6. The maximum Gasteiger partial charge on any atom is 0.401 e. The van der Waals surface area contributed by atoms with E-state index in [1.54, 1.807) is 4.72 Å². The fourth-order valence-electron chi connectivity index (χ4n) is 4.23. The smallest absolute Gasteiger partial charge is 0.401 e. The number of carbonyl (C=O) groups excluding carboxylic acids is 1. The molecule has 3 atom stereocenters. The Balaban J connectivity index is 1.62. The van der Waals surface area contributed by atoms with E-state index in [2.05, 4.69) is 0 Å². The molecule has 6 nitrogen and oxygen atoms in total. The summed E-state index contributed by atoms with van der Waals surface area (Å²) < 4.78 is 82.1. The highest BCUT2D eigenvalue weighted by atomic mass is 35.5. The van der Waals surface area contributed by atoms with E-state index in [9.17, 15) is 30.8 Å². The Morgan fingerprint density at radius 1 is 1.27 bits per heavy atom. The number of fused-ring (bicyclic) bond motifs is 2. The highest BCUT2D eigenvalue weighted by Gasteiger charge is 2.45. The summed E-state index contributed by atoms with van der Waals surface area (Å²) in [6, 6.07) is 1.55. The predicted molar refractivity (Wildman–Crippen MR) is 102 cm³/mol. The van der Waals surface area contributed by atoms with Crippen LogP contribution in [0.2, 0.25) is 5.02 Å². The standard InChI is InChI=1S/C18H21ClF4N2O4S/c1-30(27,28)24-17(26)13-6-14(19)16(7-15(13)20)29-8-10-4-11-2-3-12(5-10)25(11)9-18(21,22)23/h6-7,10-12H,2-5,8-9H2,1H3,(H,24,26)/t10?,11-,12+. The molecule has 0 aliphatic carbocycles. The lowest BCUT2D eigenvalue weighted by Gasteiger charge is -2.39. The molecule has 2 aliphatic rings. The lowest BCUT2D eigenvalue weighted by molar-refractivity contribution is -0.157. The molecule has 3 rings (SSSR count). The summed E-state index contributed by atoms with van der Waals surface area (Å²) >= 11 is 6.05. The van der Waals surface area contributed by atoms with Crippen LogP contribution in [0, 0.1) is 11.7 Å². The Hall–Kier alpha value is -1.59. The number of piperidine rings is 1. The van der Waals surface area contributed by atoms with E-state index in [1.807, 2.05) is 0 Å². The average Bonchev–Trinajstić information content (AvgIpc) is 2.82. The molecule has 0 saturated carbocycles. The SMILES string of the molecule is CS(=O)(=O)NC(=O)c1cc(Cl)c(OCC2C[C@H]3CC[C@@H](C2)N3CC(F)(F)F)cc1F. The molecule has 12 heteroatoms. The van der Waals surface area contributed by atoms with Gasteiger partial charge in [0, 0.05) is 18.2 Å². The van der Waals surface area contributed by atoms with Crippen molar-refractivity contribution in [3.05, 3.63) is 28.5 Å². The summed E-state index contributed by atoms with van der Waals surface area (Å²) in [4.78, 5) is 13.4. The highest BCUT2D eigenvalue weighted by Crippen LogP contribution is 2.40. The van der Waals surface area contributed by atoms with Gasteiger partial charge in [0.15, 0.2) is 0 Å². The number of nitrogens with zero attached hydrogens (tertiary/aromatic N) is 1. The van der Waals surface area contributed by atoms with Crippen LogP contribution >= 0.6 is 11.6 Å². The minimum atomic E-state index is -4.24. The molecule has 2 saturated heterocycles. The van der Waals surface area contributed by atoms with Crippen molar-refractivity contribution < 1.29 is 35.5 Å². The minimum absolute atomic E-state index is 0.000629. The molecule has 2 aliphatic heterocycles. The number of alkyl halides is 3. The van der Waals surface area contributed by atoms with E-state index in [0.29, 0.717) is 25.7 Å². The number of rotatable bonds is 6. The lowest BCUT2D eigenvalue weighted by atomic mass is 9.91. The Morgan fingerprint density at radius 3 is 2.40 bits per heavy atom. The van der Waals surface area contributed by atoms with Gasteiger partial charge in [-0.3, -0.25) is 9.69 Å². The van der Waals surface area contributed by atoms with Gasteiger partial charge < -0.3 is 4.74 Å². The average molecular weight is 473 g/mol. The first kappa shape index (κ1) is 23.1. The number of ether oxygens (including phenoxy) is 1. The van der Waals surface area contributed by atoms with Crippen LogP contribution in [0.25, 0.3) is 0 Å². The van der Waals surface area contributed by atoms with Crippen LogP contribution in [-0.4, -0.2) is 56.9 Å². The Kier molecular flexibility index (Phi) is 6.54. The number of carbonyl (C=O) groups is 1. The fourth-order valence-corrected chi connectivity index (χ4v) is 4.90. The van der Waals surface area contributed by atoms with E-state index in [0.717, 1.165) is 18.4 Å². The molecule has 2 fully saturated rings. The van der Waals surface area contributed by atoms with Crippen molar-refractivity contribution in [2.24, 2.45) is 5.92 Å². The van der Waals surface area contributed by atoms with Gasteiger partial charge in [0.2, 0.25) is 10.0 Å². The second kappa shape index (κ2) is 8.51. The quantitative estimate of drug-likeness (QED) is 0.643. The Bertz CT molecular complexity index is 911. The highest BCUT2D eigenvalue weighted by molar-refractivity contribution is 7.89. The van der Waals surface area contributed by atoms with Gasteiger partial charge in [-0.2, -0.15) is 13.2 Å². The van der Waals surface area contributed by atoms with Crippen LogP contribution in [0.5, 0.6) is 5.75 Å². The topological polar surface area (TPSA) is 75.7 Å². The molecule has 0 aromatic heterocycles. The van der Waals surface area contributed by atoms with Crippen molar-refractivity contribution in [1.29, 1.82) is 0 Å². The van der Waals surface area contributed by atoms with Gasteiger partial charge in [0.1, 0.15) is 11.6 Å². The van der Waals surface area contributed by atoms with E-state index in [-0.39, 0.29) is 35.4 Å². The second-order valence-electron chi connectivity index (χ2n) is 7.79. The number of amides is 1. The number of benzene rings is 1. The zero-order valence-electron chi connectivity index (χ0n) is 16.0. The van der Waals surface area contributed by atoms with Gasteiger partial charge >= 0.3 is 6.18 Å². The normalized spacial score (nSPS) is 24.7. The van der Waals surface area contributed by atoms with Crippen LogP contribution in [0.4, 0.5) is 17.6 Å². The third-order valence-corrected chi connectivity index (χ3v) is 6.21.